The van der Waals surface area contributed by atoms with Crippen LogP contribution in [0.15, 0.2) is 0 Å². The highest BCUT2D eigenvalue weighted by Crippen LogP contribution is 2.20. The Balaban J connectivity index is 2.43. The first-order chi connectivity index (χ1) is 9.45. The van der Waals surface area contributed by atoms with Crippen molar-refractivity contribution in [2.24, 2.45) is 5.92 Å². The van der Waals surface area contributed by atoms with E-state index < -0.39 is 12.0 Å². The molecular formula is C13H24N2O5. The molecule has 2 amide bonds. The molecule has 1 heterocycles. The number of aliphatic hydroxyl groups excluding tert-OH is 1. The Hall–Kier alpha value is -1.34. The molecular weight excluding hydrogens is 264 g/mol. The second kappa shape index (κ2) is 8.06. The lowest BCUT2D eigenvalue weighted by atomic mass is 9.92. The normalized spacial score (nSPS) is 19.4. The van der Waals surface area contributed by atoms with E-state index in [0.29, 0.717) is 13.1 Å². The third-order valence-electron chi connectivity index (χ3n) is 3.72. The molecule has 1 saturated heterocycles. The van der Waals surface area contributed by atoms with Crippen molar-refractivity contribution in [3.05, 3.63) is 0 Å². The smallest absolute Gasteiger partial charge is 0.326 e. The fraction of sp³-hybridized carbons (Fsp3) is 0.846. The Morgan fingerprint density at radius 3 is 2.45 bits per heavy atom. The number of urea groups is 1. The second-order valence-electron chi connectivity index (χ2n) is 5.19. The van der Waals surface area contributed by atoms with Crippen LogP contribution < -0.4 is 5.32 Å². The van der Waals surface area contributed by atoms with E-state index in [9.17, 15) is 14.7 Å². The summed E-state index contributed by atoms with van der Waals surface area (Å²) in [6.07, 6.45) is 1.34. The fourth-order valence-electron chi connectivity index (χ4n) is 2.32. The van der Waals surface area contributed by atoms with Gasteiger partial charge < -0.3 is 25.2 Å². The van der Waals surface area contributed by atoms with Gasteiger partial charge in [0.1, 0.15) is 6.04 Å². The van der Waals surface area contributed by atoms with E-state index in [1.54, 1.807) is 11.8 Å². The second-order valence-corrected chi connectivity index (χ2v) is 5.19. The summed E-state index contributed by atoms with van der Waals surface area (Å²) in [6.45, 7) is 3.11. The Kier molecular flexibility index (Phi) is 6.74. The first-order valence-corrected chi connectivity index (χ1v) is 6.91. The Morgan fingerprint density at radius 1 is 1.40 bits per heavy atom. The fourth-order valence-corrected chi connectivity index (χ4v) is 2.32. The maximum Gasteiger partial charge on any atom is 0.326 e. The summed E-state index contributed by atoms with van der Waals surface area (Å²) in [6, 6.07) is -1.30. The number of ether oxygens (including phenoxy) is 1. The first-order valence-electron chi connectivity index (χ1n) is 6.91. The molecule has 1 rings (SSSR count). The van der Waals surface area contributed by atoms with E-state index in [2.05, 4.69) is 5.32 Å². The Morgan fingerprint density at radius 2 is 2.00 bits per heavy atom. The van der Waals surface area contributed by atoms with Crippen molar-refractivity contribution in [1.82, 2.24) is 10.2 Å². The zero-order chi connectivity index (χ0) is 15.1. The number of carboxylic acids is 1. The number of hydrogen-bond donors (Lipinski definition) is 3. The van der Waals surface area contributed by atoms with Gasteiger partial charge in [0.25, 0.3) is 0 Å². The van der Waals surface area contributed by atoms with Crippen molar-refractivity contribution in [3.8, 4) is 0 Å². The van der Waals surface area contributed by atoms with Crippen molar-refractivity contribution in [1.29, 1.82) is 0 Å². The van der Waals surface area contributed by atoms with E-state index in [1.807, 2.05) is 0 Å². The van der Waals surface area contributed by atoms with Crippen LogP contribution in [0, 0.1) is 5.92 Å². The minimum absolute atomic E-state index is 0.211. The number of likely N-dealkylation sites (tertiary alicyclic amines) is 1. The van der Waals surface area contributed by atoms with Crippen LogP contribution in [0.5, 0.6) is 0 Å². The topological polar surface area (TPSA) is 99.1 Å². The average Bonchev–Trinajstić information content (AvgIpc) is 2.42. The third kappa shape index (κ3) is 4.97. The summed E-state index contributed by atoms with van der Waals surface area (Å²) >= 11 is 0. The summed E-state index contributed by atoms with van der Waals surface area (Å²) in [5.41, 5.74) is 0. The van der Waals surface area contributed by atoms with Gasteiger partial charge in [0, 0.05) is 33.2 Å². The van der Waals surface area contributed by atoms with Crippen LogP contribution in [0.25, 0.3) is 0 Å². The van der Waals surface area contributed by atoms with E-state index in [-0.39, 0.29) is 31.1 Å². The molecule has 2 unspecified atom stereocenters. The van der Waals surface area contributed by atoms with Gasteiger partial charge in [-0.1, -0.05) is 0 Å². The molecule has 0 bridgehead atoms. The number of methoxy groups -OCH3 is 1. The first kappa shape index (κ1) is 16.7. The Bertz CT molecular complexity index is 327. The number of amides is 2. The molecule has 0 saturated carbocycles. The summed E-state index contributed by atoms with van der Waals surface area (Å²) in [5.74, 6) is -0.850. The van der Waals surface area contributed by atoms with Gasteiger partial charge in [-0.2, -0.15) is 0 Å². The van der Waals surface area contributed by atoms with E-state index >= 15 is 0 Å². The predicted molar refractivity (Wildman–Crippen MR) is 72.4 cm³/mol. The van der Waals surface area contributed by atoms with Crippen LogP contribution >= 0.6 is 0 Å². The minimum Gasteiger partial charge on any atom is -0.480 e. The van der Waals surface area contributed by atoms with Gasteiger partial charge >= 0.3 is 12.0 Å². The van der Waals surface area contributed by atoms with Crippen LogP contribution in [-0.4, -0.2) is 66.1 Å². The molecule has 1 aliphatic heterocycles. The van der Waals surface area contributed by atoms with Gasteiger partial charge in [-0.25, -0.2) is 9.59 Å². The van der Waals surface area contributed by atoms with Crippen LogP contribution in [0.2, 0.25) is 0 Å². The zero-order valence-corrected chi connectivity index (χ0v) is 12.0. The van der Waals surface area contributed by atoms with Gasteiger partial charge in [0.2, 0.25) is 0 Å². The highest BCUT2D eigenvalue weighted by molar-refractivity contribution is 5.82. The number of carbonyl (C=O) groups is 2. The van der Waals surface area contributed by atoms with Crippen molar-refractivity contribution in [2.75, 3.05) is 26.8 Å². The molecule has 3 N–H and O–H groups in total. The molecule has 0 aliphatic carbocycles. The number of carboxylic acid groups (broad SMARTS) is 1. The summed E-state index contributed by atoms with van der Waals surface area (Å²) in [7, 11) is 1.49. The molecule has 0 radical (unpaired) electrons. The third-order valence-corrected chi connectivity index (χ3v) is 3.72. The number of hydrogen-bond acceptors (Lipinski definition) is 4. The van der Waals surface area contributed by atoms with Crippen LogP contribution in [0.1, 0.15) is 26.2 Å². The molecule has 116 valence electrons. The summed E-state index contributed by atoms with van der Waals surface area (Å²) in [4.78, 5) is 24.6. The lowest BCUT2D eigenvalue weighted by Gasteiger charge is -2.33. The Labute approximate surface area is 118 Å². The maximum atomic E-state index is 12.0. The molecule has 0 aromatic rings. The molecule has 0 aromatic heterocycles. The number of nitrogens with zero attached hydrogens (tertiary/aromatic N) is 1. The quantitative estimate of drug-likeness (QED) is 0.652. The van der Waals surface area contributed by atoms with Gasteiger partial charge in [-0.05, 0) is 25.7 Å². The zero-order valence-electron chi connectivity index (χ0n) is 12.0. The maximum absolute atomic E-state index is 12.0. The number of carbonyl (C=O) groups excluding carboxylic acids is 1. The molecule has 0 aromatic carbocycles. The predicted octanol–water partition coefficient (Wildman–Crippen LogP) is 0.279. The van der Waals surface area contributed by atoms with Crippen molar-refractivity contribution >= 4 is 12.0 Å². The summed E-state index contributed by atoms with van der Waals surface area (Å²) < 4.78 is 4.83. The lowest BCUT2D eigenvalue weighted by molar-refractivity contribution is -0.139. The monoisotopic (exact) mass is 288 g/mol. The molecule has 2 atom stereocenters. The van der Waals surface area contributed by atoms with E-state index in [4.69, 9.17) is 9.84 Å². The van der Waals surface area contributed by atoms with E-state index in [0.717, 1.165) is 12.8 Å². The molecule has 7 heteroatoms. The molecule has 1 aliphatic rings. The van der Waals surface area contributed by atoms with Crippen molar-refractivity contribution in [3.63, 3.8) is 0 Å². The van der Waals surface area contributed by atoms with Gasteiger partial charge in [0.05, 0.1) is 6.10 Å². The number of aliphatic carboxylic acids is 1. The molecule has 0 spiro atoms. The highest BCUT2D eigenvalue weighted by Gasteiger charge is 2.28. The molecule has 20 heavy (non-hydrogen) atoms. The number of piperidine rings is 1. The van der Waals surface area contributed by atoms with Crippen molar-refractivity contribution in [2.45, 2.75) is 38.3 Å². The summed E-state index contributed by atoms with van der Waals surface area (Å²) in [5, 5.41) is 21.1. The molecule has 1 fully saturated rings. The number of nitrogens with one attached hydrogen (secondary N) is 1. The van der Waals surface area contributed by atoms with Gasteiger partial charge in [-0.3, -0.25) is 0 Å². The van der Waals surface area contributed by atoms with Crippen LogP contribution in [-0.2, 0) is 9.53 Å². The van der Waals surface area contributed by atoms with Crippen molar-refractivity contribution < 1.29 is 24.5 Å². The largest absolute Gasteiger partial charge is 0.480 e. The highest BCUT2D eigenvalue weighted by atomic mass is 16.5. The van der Waals surface area contributed by atoms with Gasteiger partial charge in [0.15, 0.2) is 0 Å². The van der Waals surface area contributed by atoms with Crippen LogP contribution in [0.3, 0.4) is 0 Å². The van der Waals surface area contributed by atoms with Crippen LogP contribution in [0.4, 0.5) is 4.79 Å². The number of rotatable bonds is 6. The molecule has 7 nitrogen and oxygen atoms in total. The van der Waals surface area contributed by atoms with Gasteiger partial charge in [-0.15, -0.1) is 0 Å². The standard InChI is InChI=1S/C13H24N2O5/c1-9(16)10-3-6-15(7-4-10)13(19)14-11(12(17)18)5-8-20-2/h9-11,16H,3-8H2,1-2H3,(H,14,19)(H,17,18). The minimum atomic E-state index is -1.06. The van der Waals surface area contributed by atoms with E-state index in [1.165, 1.54) is 7.11 Å². The SMILES string of the molecule is COCCC(NC(=O)N1CCC(C(C)O)CC1)C(=O)O. The average molecular weight is 288 g/mol. The number of aliphatic hydroxyl groups is 1. The lowest BCUT2D eigenvalue weighted by Crippen LogP contribution is -2.51.